The minimum absolute atomic E-state index is 0.0415. The molecule has 0 aromatic carbocycles. The molecular formula is C24H28F3N5O4. The van der Waals surface area contributed by atoms with E-state index in [1.54, 1.807) is 25.2 Å². The number of aliphatic carboxylic acids is 1. The molecule has 0 radical (unpaired) electrons. The van der Waals surface area contributed by atoms with Crippen LogP contribution in [-0.4, -0.2) is 82.1 Å². The average molecular weight is 508 g/mol. The first kappa shape index (κ1) is 25.5. The highest BCUT2D eigenvalue weighted by Gasteiger charge is 2.53. The van der Waals surface area contributed by atoms with Crippen LogP contribution >= 0.6 is 0 Å². The molecule has 2 amide bonds. The van der Waals surface area contributed by atoms with Crippen molar-refractivity contribution >= 4 is 23.5 Å². The topological polar surface area (TPSA) is 99.0 Å². The molecule has 1 spiro atoms. The molecule has 2 aromatic heterocycles. The quantitative estimate of drug-likeness (QED) is 0.686. The first-order valence-corrected chi connectivity index (χ1v) is 11.6. The first-order valence-electron chi connectivity index (χ1n) is 11.6. The zero-order valence-electron chi connectivity index (χ0n) is 20.2. The Morgan fingerprint density at radius 2 is 1.89 bits per heavy atom. The number of likely N-dealkylation sites (tertiary alicyclic amines) is 1. The summed E-state index contributed by atoms with van der Waals surface area (Å²) in [7, 11) is 3.57. The number of hydrogen-bond acceptors (Lipinski definition) is 5. The van der Waals surface area contributed by atoms with Gasteiger partial charge in [-0.2, -0.15) is 13.2 Å². The average Bonchev–Trinajstić information content (AvgIpc) is 3.19. The second-order valence-electron chi connectivity index (χ2n) is 9.65. The molecule has 12 heteroatoms. The Labute approximate surface area is 206 Å². The molecule has 3 unspecified atom stereocenters. The maximum atomic E-state index is 13.0. The third kappa shape index (κ3) is 4.51. The Bertz CT molecular complexity index is 1180. The van der Waals surface area contributed by atoms with Crippen molar-refractivity contribution in [2.24, 2.45) is 11.8 Å². The normalized spacial score (nSPS) is 23.9. The third-order valence-electron chi connectivity index (χ3n) is 7.05. The van der Waals surface area contributed by atoms with Crippen molar-refractivity contribution < 1.29 is 32.7 Å². The van der Waals surface area contributed by atoms with Crippen LogP contribution in [0.25, 0.3) is 5.82 Å². The Morgan fingerprint density at radius 3 is 2.47 bits per heavy atom. The highest BCUT2D eigenvalue weighted by Crippen LogP contribution is 2.48. The molecular weight excluding hydrogens is 479 g/mol. The lowest BCUT2D eigenvalue weighted by molar-refractivity contribution is -0.192. The van der Waals surface area contributed by atoms with E-state index in [1.165, 1.54) is 0 Å². The Morgan fingerprint density at radius 1 is 1.22 bits per heavy atom. The number of pyridine rings is 1. The lowest BCUT2D eigenvalue weighted by Crippen LogP contribution is -2.55. The number of amides is 2. The molecule has 0 bridgehead atoms. The van der Waals surface area contributed by atoms with Crippen LogP contribution in [0.3, 0.4) is 0 Å². The molecule has 36 heavy (non-hydrogen) atoms. The standard InChI is InChI=1S/C22H27N5O2.C2HF3O2/c1-15-12-16(15)21(29)25-11-8-22(14-25)18-7-5-10-26(18)20-17(6-4-9-23-20)27(22)13-19(28)24(2)3;3-2(4,5)1(6)7/h4-7,9-10,15-16H,8,11-14H2,1-3H3;(H,6,7). The van der Waals surface area contributed by atoms with Crippen molar-refractivity contribution in [3.63, 3.8) is 0 Å². The van der Waals surface area contributed by atoms with Gasteiger partial charge in [-0.15, -0.1) is 0 Å². The predicted molar refractivity (Wildman–Crippen MR) is 123 cm³/mol. The molecule has 2 fully saturated rings. The summed E-state index contributed by atoms with van der Waals surface area (Å²) in [4.78, 5) is 45.1. The number of aromatic nitrogens is 2. The SMILES string of the molecule is CC1CC1C(=O)N1CCC2(C1)c1cccn1-c1ncccc1N2CC(=O)N(C)C.O=C(O)C(F)(F)F. The van der Waals surface area contributed by atoms with Gasteiger partial charge in [-0.05, 0) is 43.0 Å². The van der Waals surface area contributed by atoms with Crippen molar-refractivity contribution in [1.82, 2.24) is 19.4 Å². The number of likely N-dealkylation sites (N-methyl/N-ethyl adjacent to an activating group) is 1. The fraction of sp³-hybridized carbons (Fsp3) is 0.500. The van der Waals surface area contributed by atoms with Crippen molar-refractivity contribution in [2.75, 3.05) is 38.6 Å². The minimum atomic E-state index is -5.08. The monoisotopic (exact) mass is 507 g/mol. The second kappa shape index (κ2) is 9.14. The van der Waals surface area contributed by atoms with Crippen molar-refractivity contribution in [3.05, 3.63) is 42.4 Å². The van der Waals surface area contributed by atoms with Gasteiger partial charge >= 0.3 is 12.1 Å². The van der Waals surface area contributed by atoms with Gasteiger partial charge in [0.15, 0.2) is 5.82 Å². The molecule has 2 aliphatic heterocycles. The van der Waals surface area contributed by atoms with Crippen LogP contribution in [0.5, 0.6) is 0 Å². The number of fused-ring (bicyclic) bond motifs is 4. The van der Waals surface area contributed by atoms with E-state index in [2.05, 4.69) is 27.4 Å². The van der Waals surface area contributed by atoms with E-state index in [0.717, 1.165) is 36.6 Å². The summed E-state index contributed by atoms with van der Waals surface area (Å²) in [5, 5.41) is 7.12. The highest BCUT2D eigenvalue weighted by molar-refractivity contribution is 5.85. The van der Waals surface area contributed by atoms with Gasteiger partial charge in [0.25, 0.3) is 0 Å². The number of carbonyl (C=O) groups is 3. The Hall–Kier alpha value is -3.57. The third-order valence-corrected chi connectivity index (χ3v) is 7.05. The number of carbonyl (C=O) groups excluding carboxylic acids is 2. The minimum Gasteiger partial charge on any atom is -0.475 e. The van der Waals surface area contributed by atoms with Crippen LogP contribution in [0.1, 0.15) is 25.5 Å². The van der Waals surface area contributed by atoms with Gasteiger partial charge in [-0.25, -0.2) is 9.78 Å². The molecule has 4 heterocycles. The van der Waals surface area contributed by atoms with Crippen molar-refractivity contribution in [3.8, 4) is 5.82 Å². The lowest BCUT2D eigenvalue weighted by Gasteiger charge is -2.47. The van der Waals surface area contributed by atoms with E-state index in [9.17, 15) is 22.8 Å². The molecule has 9 nitrogen and oxygen atoms in total. The molecule has 1 aliphatic carbocycles. The maximum Gasteiger partial charge on any atom is 0.490 e. The largest absolute Gasteiger partial charge is 0.490 e. The molecule has 2 aromatic rings. The molecule has 3 atom stereocenters. The molecule has 3 aliphatic rings. The van der Waals surface area contributed by atoms with Gasteiger partial charge in [0.1, 0.15) is 5.54 Å². The summed E-state index contributed by atoms with van der Waals surface area (Å²) in [6, 6.07) is 8.08. The van der Waals surface area contributed by atoms with Gasteiger partial charge < -0.3 is 24.4 Å². The predicted octanol–water partition coefficient (Wildman–Crippen LogP) is 2.50. The fourth-order valence-corrected chi connectivity index (χ4v) is 4.92. The van der Waals surface area contributed by atoms with Crippen LogP contribution in [0.15, 0.2) is 36.7 Å². The summed E-state index contributed by atoms with van der Waals surface area (Å²) < 4.78 is 33.9. The molecule has 5 rings (SSSR count). The summed E-state index contributed by atoms with van der Waals surface area (Å²) in [6.07, 6.45) is 0.528. The number of nitrogens with zero attached hydrogens (tertiary/aromatic N) is 5. The van der Waals surface area contributed by atoms with Crippen LogP contribution in [-0.2, 0) is 19.9 Å². The van der Waals surface area contributed by atoms with E-state index in [-0.39, 0.29) is 24.3 Å². The van der Waals surface area contributed by atoms with Crippen LogP contribution in [0.2, 0.25) is 0 Å². The maximum absolute atomic E-state index is 13.0. The smallest absolute Gasteiger partial charge is 0.475 e. The van der Waals surface area contributed by atoms with E-state index in [0.29, 0.717) is 12.5 Å². The van der Waals surface area contributed by atoms with E-state index < -0.39 is 17.7 Å². The highest BCUT2D eigenvalue weighted by atomic mass is 19.4. The zero-order chi connectivity index (χ0) is 26.4. The number of carboxylic acids is 1. The molecule has 1 saturated carbocycles. The lowest BCUT2D eigenvalue weighted by atomic mass is 9.88. The summed E-state index contributed by atoms with van der Waals surface area (Å²) in [5.41, 5.74) is 1.63. The van der Waals surface area contributed by atoms with Crippen LogP contribution < -0.4 is 4.90 Å². The van der Waals surface area contributed by atoms with Gasteiger partial charge in [-0.1, -0.05) is 6.92 Å². The Balaban J connectivity index is 0.000000384. The van der Waals surface area contributed by atoms with Gasteiger partial charge in [0.05, 0.1) is 17.9 Å². The molecule has 1 N–H and O–H groups in total. The number of halogens is 3. The number of anilines is 1. The summed E-state index contributed by atoms with van der Waals surface area (Å²) >= 11 is 0. The van der Waals surface area contributed by atoms with Crippen LogP contribution in [0.4, 0.5) is 18.9 Å². The van der Waals surface area contributed by atoms with E-state index in [4.69, 9.17) is 9.90 Å². The second-order valence-corrected chi connectivity index (χ2v) is 9.65. The van der Waals surface area contributed by atoms with Gasteiger partial charge in [0.2, 0.25) is 11.8 Å². The fourth-order valence-electron chi connectivity index (χ4n) is 4.92. The number of rotatable bonds is 3. The zero-order valence-corrected chi connectivity index (χ0v) is 20.2. The van der Waals surface area contributed by atoms with Crippen LogP contribution in [0, 0.1) is 11.8 Å². The number of hydrogen-bond donors (Lipinski definition) is 1. The summed E-state index contributed by atoms with van der Waals surface area (Å²) in [6.45, 7) is 3.73. The van der Waals surface area contributed by atoms with Gasteiger partial charge in [-0.3, -0.25) is 9.59 Å². The summed E-state index contributed by atoms with van der Waals surface area (Å²) in [5.74, 6) is -0.946. The first-order chi connectivity index (χ1) is 16.9. The van der Waals surface area contributed by atoms with Crippen molar-refractivity contribution in [2.45, 2.75) is 31.5 Å². The van der Waals surface area contributed by atoms with Crippen molar-refractivity contribution in [1.29, 1.82) is 0 Å². The number of alkyl halides is 3. The number of carboxylic acid groups (broad SMARTS) is 1. The molecule has 1 saturated heterocycles. The van der Waals surface area contributed by atoms with Gasteiger partial charge in [0, 0.05) is 45.5 Å². The Kier molecular flexibility index (Phi) is 6.48. The molecule has 194 valence electrons. The van der Waals surface area contributed by atoms with E-state index in [1.807, 2.05) is 29.3 Å². The van der Waals surface area contributed by atoms with E-state index >= 15 is 0 Å².